The van der Waals surface area contributed by atoms with Gasteiger partial charge in [-0.2, -0.15) is 0 Å². The van der Waals surface area contributed by atoms with Gasteiger partial charge in [0.25, 0.3) is 0 Å². The van der Waals surface area contributed by atoms with E-state index in [1.807, 2.05) is 48.5 Å². The Bertz CT molecular complexity index is 1230. The first-order valence-electron chi connectivity index (χ1n) is 12.2. The van der Waals surface area contributed by atoms with Crippen LogP contribution in [0.15, 0.2) is 48.5 Å². The molecule has 34 heavy (non-hydrogen) atoms. The molecule has 0 aromatic heterocycles. The lowest BCUT2D eigenvalue weighted by Crippen LogP contribution is -3.12. The summed E-state index contributed by atoms with van der Waals surface area (Å²) in [6.45, 7) is 1.99. The summed E-state index contributed by atoms with van der Waals surface area (Å²) in [5.74, 6) is 0.899. The zero-order valence-electron chi connectivity index (χ0n) is 18.9. The molecule has 6 aliphatic carbocycles. The number of Topliss-reactive ketones (excluding diaryl/α,β-unsaturated/α-hetero) is 1. The summed E-state index contributed by atoms with van der Waals surface area (Å²) < 4.78 is 16.8. The molecule has 9 rings (SSSR count). The van der Waals surface area contributed by atoms with E-state index in [4.69, 9.17) is 14.2 Å². The normalized spacial score (nSPS) is 40.8. The molecule has 6 saturated carbocycles. The number of ketones is 1. The van der Waals surface area contributed by atoms with E-state index in [-0.39, 0.29) is 59.3 Å². The first-order valence-corrected chi connectivity index (χ1v) is 12.2. The smallest absolute Gasteiger partial charge is 0.317 e. The highest BCUT2D eigenvalue weighted by Gasteiger charge is 3.13. The number of carbonyl (C=O) groups excluding carboxylic acids is 3. The van der Waals surface area contributed by atoms with Crippen molar-refractivity contribution in [3.8, 4) is 11.5 Å². The third-order valence-electron chi connectivity index (χ3n) is 10.5. The van der Waals surface area contributed by atoms with E-state index in [2.05, 4.69) is 0 Å². The van der Waals surface area contributed by atoms with Crippen LogP contribution in [0.25, 0.3) is 0 Å². The van der Waals surface area contributed by atoms with E-state index in [1.165, 1.54) is 7.11 Å². The van der Waals surface area contributed by atoms with Crippen molar-refractivity contribution in [1.82, 2.24) is 0 Å². The maximum absolute atomic E-state index is 14.4. The topological polar surface area (TPSA) is 78.9 Å². The predicted octanol–water partition coefficient (Wildman–Crippen LogP) is 3.58. The number of para-hydroxylation sites is 2. The number of benzene rings is 2. The number of carbonyl (C=O) groups is 3. The van der Waals surface area contributed by atoms with Crippen LogP contribution >= 0.6 is 0 Å². The Morgan fingerprint density at radius 3 is 1.85 bits per heavy atom. The third-order valence-corrected chi connectivity index (χ3v) is 10.5. The van der Waals surface area contributed by atoms with Crippen LogP contribution in [-0.2, 0) is 23.9 Å². The largest absolute Gasteiger partial charge is 0.469 e. The lowest BCUT2D eigenvalue weighted by atomic mass is 8.91. The number of hydrogen-bond acceptors (Lipinski definition) is 6. The highest BCUT2D eigenvalue weighted by molar-refractivity contribution is 6.09. The summed E-state index contributed by atoms with van der Waals surface area (Å²) in [6.07, 6.45) is 0. The minimum absolute atomic E-state index is 0.0179. The van der Waals surface area contributed by atoms with E-state index in [1.54, 1.807) is 6.92 Å². The molecule has 6 heteroatoms. The van der Waals surface area contributed by atoms with Crippen molar-refractivity contribution in [1.29, 1.82) is 0 Å². The molecule has 1 atom stereocenters. The molecule has 0 N–H and O–H groups in total. The standard InChI is InChI=1S/C28H24O6/c1-3-33-25(30)17(16-12-8-4-6-10-14(12)34-15-11-7-5-9-13(15)16)24(29)27-18-21-19(27)23-20(27)22(18)28(21,23)26(31)32-2/h4-11,16-23H,3H2,1-2H3. The van der Waals surface area contributed by atoms with Gasteiger partial charge in [-0.25, -0.2) is 0 Å². The molecule has 1 heterocycles. The second-order valence-electron chi connectivity index (χ2n) is 10.8. The van der Waals surface area contributed by atoms with Crippen molar-refractivity contribution in [2.24, 2.45) is 52.3 Å². The average Bonchev–Trinajstić information content (AvgIpc) is 2.87. The van der Waals surface area contributed by atoms with Crippen molar-refractivity contribution in [2.45, 2.75) is 12.8 Å². The molecule has 0 saturated heterocycles. The Morgan fingerprint density at radius 1 is 0.853 bits per heavy atom. The molecule has 0 radical (unpaired) electrons. The maximum Gasteiger partial charge on any atom is 0.317 e. The van der Waals surface area contributed by atoms with Crippen LogP contribution in [0, 0.1) is 52.3 Å². The number of methoxy groups -OCH3 is 1. The Hall–Kier alpha value is -3.15. The van der Waals surface area contributed by atoms with Gasteiger partial charge in [-0.1, -0.05) is 36.4 Å². The van der Waals surface area contributed by atoms with Gasteiger partial charge in [0.05, 0.1) is 19.1 Å². The molecule has 2 aromatic rings. The highest BCUT2D eigenvalue weighted by Crippen LogP contribution is 3.10. The lowest BCUT2D eigenvalue weighted by Gasteiger charge is -3.09. The molecule has 1 unspecified atom stereocenters. The minimum atomic E-state index is -0.926. The maximum atomic E-state index is 14.4. The van der Waals surface area contributed by atoms with Gasteiger partial charge in [-0.05, 0) is 54.6 Å². The third kappa shape index (κ3) is 1.56. The second-order valence-corrected chi connectivity index (χ2v) is 10.8. The Morgan fingerprint density at radius 2 is 1.35 bits per heavy atom. The quantitative estimate of drug-likeness (QED) is 0.488. The van der Waals surface area contributed by atoms with Crippen molar-refractivity contribution in [2.75, 3.05) is 13.7 Å². The van der Waals surface area contributed by atoms with E-state index >= 15 is 0 Å². The lowest BCUT2D eigenvalue weighted by molar-refractivity contribution is -0.626. The Labute approximate surface area is 196 Å². The molecule has 6 fully saturated rings. The van der Waals surface area contributed by atoms with Crippen LogP contribution in [0.3, 0.4) is 0 Å². The molecular formula is C28H24O6. The zero-order chi connectivity index (χ0) is 23.1. The molecule has 1 aliphatic heterocycles. The Balaban J connectivity index is 1.22. The first-order chi connectivity index (χ1) is 16.6. The van der Waals surface area contributed by atoms with E-state index in [0.717, 1.165) is 11.1 Å². The average molecular weight is 456 g/mol. The van der Waals surface area contributed by atoms with Crippen LogP contribution in [0.2, 0.25) is 0 Å². The number of rotatable bonds is 6. The van der Waals surface area contributed by atoms with Gasteiger partial charge >= 0.3 is 11.9 Å². The van der Waals surface area contributed by atoms with Gasteiger partial charge in [0.1, 0.15) is 17.4 Å². The van der Waals surface area contributed by atoms with Crippen molar-refractivity contribution >= 4 is 17.7 Å². The summed E-state index contributed by atoms with van der Waals surface area (Å²) in [5, 5.41) is 0. The van der Waals surface area contributed by atoms with E-state index in [0.29, 0.717) is 11.5 Å². The Kier molecular flexibility index (Phi) is 3.23. The fourth-order valence-corrected chi connectivity index (χ4v) is 9.81. The van der Waals surface area contributed by atoms with Crippen molar-refractivity contribution in [3.05, 3.63) is 59.7 Å². The van der Waals surface area contributed by atoms with Crippen molar-refractivity contribution < 1.29 is 28.6 Å². The minimum Gasteiger partial charge on any atom is -0.469 e. The molecule has 7 aliphatic rings. The summed E-state index contributed by atoms with van der Waals surface area (Å²) in [7, 11) is 1.46. The van der Waals surface area contributed by atoms with Gasteiger partial charge in [0.15, 0.2) is 5.78 Å². The van der Waals surface area contributed by atoms with Gasteiger partial charge in [0, 0.05) is 22.5 Å². The molecule has 0 amide bonds. The number of esters is 2. The summed E-state index contributed by atoms with van der Waals surface area (Å²) in [6, 6.07) is 15.3. The van der Waals surface area contributed by atoms with Crippen LogP contribution in [0.5, 0.6) is 11.5 Å². The molecular weight excluding hydrogens is 432 g/mol. The second kappa shape index (κ2) is 5.73. The van der Waals surface area contributed by atoms with Gasteiger partial charge in [-0.15, -0.1) is 0 Å². The summed E-state index contributed by atoms with van der Waals surface area (Å²) in [4.78, 5) is 40.5. The van der Waals surface area contributed by atoms with E-state index < -0.39 is 23.2 Å². The monoisotopic (exact) mass is 456 g/mol. The SMILES string of the molecule is CCOC(=O)C(C(=O)C12C3C4C1C1C2C3C41C(=O)OC)C1c2ccccc2Oc2ccccc21. The molecule has 0 bridgehead atoms. The van der Waals surface area contributed by atoms with Crippen molar-refractivity contribution in [3.63, 3.8) is 0 Å². The van der Waals surface area contributed by atoms with Crippen LogP contribution in [0.4, 0.5) is 0 Å². The zero-order valence-corrected chi connectivity index (χ0v) is 18.9. The molecule has 0 spiro atoms. The summed E-state index contributed by atoms with van der Waals surface area (Å²) >= 11 is 0. The van der Waals surface area contributed by atoms with Crippen LogP contribution < -0.4 is 4.74 Å². The summed E-state index contributed by atoms with van der Waals surface area (Å²) in [5.41, 5.74) is 0.926. The fourth-order valence-electron chi connectivity index (χ4n) is 9.81. The highest BCUT2D eigenvalue weighted by atomic mass is 16.5. The molecule has 172 valence electrons. The van der Waals surface area contributed by atoms with Gasteiger partial charge in [-0.3, -0.25) is 14.4 Å². The fraction of sp³-hybridized carbons (Fsp3) is 0.464. The van der Waals surface area contributed by atoms with Gasteiger partial charge in [0.2, 0.25) is 0 Å². The predicted molar refractivity (Wildman–Crippen MR) is 118 cm³/mol. The van der Waals surface area contributed by atoms with Crippen LogP contribution in [-0.4, -0.2) is 31.4 Å². The molecule has 6 nitrogen and oxygen atoms in total. The van der Waals surface area contributed by atoms with Gasteiger partial charge < -0.3 is 14.2 Å². The molecule has 2 aromatic carbocycles. The first kappa shape index (κ1) is 19.2. The van der Waals surface area contributed by atoms with Crippen LogP contribution in [0.1, 0.15) is 24.0 Å². The van der Waals surface area contributed by atoms with E-state index in [9.17, 15) is 14.4 Å². The number of ether oxygens (including phenoxy) is 3. The number of hydrogen-bond donors (Lipinski definition) is 0. The number of fused-ring (bicyclic) bond motifs is 2.